The third-order valence-corrected chi connectivity index (χ3v) is 6.41. The second kappa shape index (κ2) is 9.31. The van der Waals surface area contributed by atoms with Gasteiger partial charge in [-0.05, 0) is 30.7 Å². The van der Waals surface area contributed by atoms with Crippen LogP contribution >= 0.6 is 11.3 Å². The van der Waals surface area contributed by atoms with Gasteiger partial charge in [0, 0.05) is 36.3 Å². The first-order valence-electron chi connectivity index (χ1n) is 10.4. The Morgan fingerprint density at radius 1 is 1.32 bits per heavy atom. The highest BCUT2D eigenvalue weighted by Crippen LogP contribution is 2.40. The van der Waals surface area contributed by atoms with Crippen LogP contribution in [0.5, 0.6) is 0 Å². The molecule has 3 N–H and O–H groups in total. The zero-order valence-corrected chi connectivity index (χ0v) is 19.1. The van der Waals surface area contributed by atoms with Gasteiger partial charge in [0.1, 0.15) is 11.9 Å². The quantitative estimate of drug-likeness (QED) is 0.392. The second-order valence-corrected chi connectivity index (χ2v) is 8.70. The van der Waals surface area contributed by atoms with Gasteiger partial charge in [-0.1, -0.05) is 6.92 Å². The number of hydrogen-bond acceptors (Lipinski definition) is 7. The number of nitrogens with one attached hydrogen (secondary N) is 2. The van der Waals surface area contributed by atoms with Crippen molar-refractivity contribution in [3.63, 3.8) is 0 Å². The fourth-order valence-corrected chi connectivity index (χ4v) is 4.27. The van der Waals surface area contributed by atoms with E-state index in [0.717, 1.165) is 0 Å². The molecule has 1 aliphatic rings. The molecular weight excluding hydrogens is 465 g/mol. The van der Waals surface area contributed by atoms with Crippen molar-refractivity contribution >= 4 is 34.3 Å². The van der Waals surface area contributed by atoms with Gasteiger partial charge >= 0.3 is 5.97 Å². The Balaban J connectivity index is 1.49. The van der Waals surface area contributed by atoms with E-state index in [4.69, 9.17) is 4.74 Å². The van der Waals surface area contributed by atoms with Crippen LogP contribution in [0.2, 0.25) is 0 Å². The maximum Gasteiger partial charge on any atom is 0.339 e. The van der Waals surface area contributed by atoms with E-state index in [1.165, 1.54) is 23.5 Å². The Labute approximate surface area is 197 Å². The lowest BCUT2D eigenvalue weighted by atomic mass is 10.0. The molecule has 0 aliphatic carbocycles. The first-order valence-corrected chi connectivity index (χ1v) is 11.3. The minimum Gasteiger partial charge on any atom is -0.479 e. The zero-order chi connectivity index (χ0) is 24.5. The van der Waals surface area contributed by atoms with Gasteiger partial charge in [0.25, 0.3) is 5.91 Å². The number of carbonyl (C=O) groups excluding carboxylic acids is 2. The Hall–Kier alpha value is -3.64. The van der Waals surface area contributed by atoms with Gasteiger partial charge in [0.15, 0.2) is 11.2 Å². The first-order chi connectivity index (χ1) is 16.2. The normalized spacial score (nSPS) is 19.9. The van der Waals surface area contributed by atoms with Crippen LogP contribution in [0, 0.1) is 5.82 Å². The average Bonchev–Trinajstić information content (AvgIpc) is 3.19. The standard InChI is InChI=1S/C22H22FN5O5S/c1-3-22(20(31)32)17(33-22)19(30)25-15(8-14-9-24-11-28(14)2)18(29)27-21-26-16(10-34-21)12-4-6-13(23)7-5-12/h4-7,9-11,15,17H,3,8H2,1-2H3,(H,25,30)(H,31,32)(H,26,27,29)/t15-,17+,22-/m0/s1. The molecule has 4 rings (SSSR count). The highest BCUT2D eigenvalue weighted by atomic mass is 32.1. The monoisotopic (exact) mass is 487 g/mol. The van der Waals surface area contributed by atoms with Gasteiger partial charge in [0.2, 0.25) is 11.5 Å². The third kappa shape index (κ3) is 4.68. The van der Waals surface area contributed by atoms with Gasteiger partial charge < -0.3 is 25.0 Å². The van der Waals surface area contributed by atoms with Crippen molar-refractivity contribution in [3.05, 3.63) is 53.7 Å². The predicted octanol–water partition coefficient (Wildman–Crippen LogP) is 1.98. The number of thiazole rings is 1. The van der Waals surface area contributed by atoms with Crippen LogP contribution in [0.4, 0.5) is 9.52 Å². The Bertz CT molecular complexity index is 1230. The molecule has 0 saturated carbocycles. The van der Waals surface area contributed by atoms with E-state index >= 15 is 0 Å². The minimum atomic E-state index is -1.57. The van der Waals surface area contributed by atoms with Crippen molar-refractivity contribution in [2.45, 2.75) is 37.5 Å². The van der Waals surface area contributed by atoms with Crippen LogP contribution in [0.15, 0.2) is 42.2 Å². The highest BCUT2D eigenvalue weighted by Gasteiger charge is 2.65. The number of carboxylic acids is 1. The van der Waals surface area contributed by atoms with Gasteiger partial charge in [-0.2, -0.15) is 0 Å². The van der Waals surface area contributed by atoms with E-state index < -0.39 is 35.5 Å². The van der Waals surface area contributed by atoms with Crippen LogP contribution < -0.4 is 10.6 Å². The van der Waals surface area contributed by atoms with E-state index in [9.17, 15) is 23.9 Å². The van der Waals surface area contributed by atoms with Crippen molar-refractivity contribution in [2.24, 2.45) is 7.05 Å². The Morgan fingerprint density at radius 3 is 2.65 bits per heavy atom. The number of carbonyl (C=O) groups is 3. The molecule has 0 spiro atoms. The van der Waals surface area contributed by atoms with Crippen molar-refractivity contribution in [2.75, 3.05) is 5.32 Å². The van der Waals surface area contributed by atoms with E-state index in [-0.39, 0.29) is 18.7 Å². The van der Waals surface area contributed by atoms with Crippen LogP contribution in [-0.2, 0) is 32.6 Å². The topological polar surface area (TPSA) is 139 Å². The van der Waals surface area contributed by atoms with Crippen LogP contribution in [0.1, 0.15) is 19.0 Å². The van der Waals surface area contributed by atoms with Gasteiger partial charge in [-0.3, -0.25) is 9.59 Å². The summed E-state index contributed by atoms with van der Waals surface area (Å²) < 4.78 is 20.1. The molecule has 34 heavy (non-hydrogen) atoms. The molecule has 0 bridgehead atoms. The summed E-state index contributed by atoms with van der Waals surface area (Å²) in [5, 5.41) is 16.7. The molecule has 0 unspecified atom stereocenters. The van der Waals surface area contributed by atoms with Gasteiger partial charge in [-0.15, -0.1) is 11.3 Å². The summed E-state index contributed by atoms with van der Waals surface area (Å²) in [7, 11) is 1.76. The number of aliphatic carboxylic acids is 1. The number of aryl methyl sites for hydroxylation is 1. The number of halogens is 1. The largest absolute Gasteiger partial charge is 0.479 e. The summed E-state index contributed by atoms with van der Waals surface area (Å²) in [6, 6.07) is 4.77. The predicted molar refractivity (Wildman–Crippen MR) is 121 cm³/mol. The summed E-state index contributed by atoms with van der Waals surface area (Å²) >= 11 is 1.18. The van der Waals surface area contributed by atoms with Crippen molar-refractivity contribution in [1.82, 2.24) is 19.9 Å². The van der Waals surface area contributed by atoms with Gasteiger partial charge in [0.05, 0.1) is 12.0 Å². The molecule has 3 atom stereocenters. The lowest BCUT2D eigenvalue weighted by molar-refractivity contribution is -0.143. The van der Waals surface area contributed by atoms with Crippen molar-refractivity contribution in [3.8, 4) is 11.3 Å². The SMILES string of the molecule is CC[C@]1(C(=O)O)O[C@@H]1C(=O)N[C@@H](Cc1cncn1C)C(=O)Nc1nc(-c2ccc(F)cc2)cs1. The lowest BCUT2D eigenvalue weighted by Gasteiger charge is -2.18. The number of amides is 2. The summed E-state index contributed by atoms with van der Waals surface area (Å²) in [6.07, 6.45) is 2.19. The van der Waals surface area contributed by atoms with Gasteiger partial charge in [-0.25, -0.2) is 19.2 Å². The average molecular weight is 488 g/mol. The van der Waals surface area contributed by atoms with Crippen molar-refractivity contribution < 1.29 is 28.6 Å². The second-order valence-electron chi connectivity index (χ2n) is 7.84. The number of epoxide rings is 1. The number of ether oxygens (including phenoxy) is 1. The molecule has 178 valence electrons. The van der Waals surface area contributed by atoms with Crippen molar-refractivity contribution in [1.29, 1.82) is 0 Å². The molecule has 3 aromatic rings. The number of anilines is 1. The van der Waals surface area contributed by atoms with E-state index in [1.807, 2.05) is 0 Å². The molecule has 2 aromatic heterocycles. The number of rotatable bonds is 9. The molecular formula is C22H22FN5O5S. The molecule has 12 heteroatoms. The van der Waals surface area contributed by atoms with Crippen LogP contribution in [0.25, 0.3) is 11.3 Å². The number of imidazole rings is 1. The molecule has 0 radical (unpaired) electrons. The molecule has 2 amide bonds. The van der Waals surface area contributed by atoms with Crippen LogP contribution in [-0.4, -0.2) is 55.2 Å². The van der Waals surface area contributed by atoms with E-state index in [0.29, 0.717) is 22.1 Å². The molecule has 3 heterocycles. The van der Waals surface area contributed by atoms with E-state index in [2.05, 4.69) is 20.6 Å². The molecule has 1 aromatic carbocycles. The summed E-state index contributed by atoms with van der Waals surface area (Å²) in [4.78, 5) is 45.7. The molecule has 1 aliphatic heterocycles. The third-order valence-electron chi connectivity index (χ3n) is 5.66. The first kappa shape index (κ1) is 23.5. The maximum absolute atomic E-state index is 13.2. The fraction of sp³-hybridized carbons (Fsp3) is 0.318. The number of benzene rings is 1. The fourth-order valence-electron chi connectivity index (χ4n) is 3.55. The summed E-state index contributed by atoms with van der Waals surface area (Å²) in [5.41, 5.74) is 0.363. The number of carboxylic acid groups (broad SMARTS) is 1. The van der Waals surface area contributed by atoms with E-state index in [1.54, 1.807) is 48.6 Å². The zero-order valence-electron chi connectivity index (χ0n) is 18.3. The number of hydrogen-bond donors (Lipinski definition) is 3. The summed E-state index contributed by atoms with van der Waals surface area (Å²) in [5.74, 6) is -2.81. The Kier molecular flexibility index (Phi) is 6.44. The highest BCUT2D eigenvalue weighted by molar-refractivity contribution is 7.14. The van der Waals surface area contributed by atoms with Crippen LogP contribution in [0.3, 0.4) is 0 Å². The minimum absolute atomic E-state index is 0.114. The Morgan fingerprint density at radius 2 is 2.06 bits per heavy atom. The number of nitrogens with zero attached hydrogens (tertiary/aromatic N) is 3. The molecule has 10 nitrogen and oxygen atoms in total. The molecule has 1 saturated heterocycles. The smallest absolute Gasteiger partial charge is 0.339 e. The molecule has 1 fully saturated rings. The number of aromatic nitrogens is 3. The summed E-state index contributed by atoms with van der Waals surface area (Å²) in [6.45, 7) is 1.61. The maximum atomic E-state index is 13.2. The lowest BCUT2D eigenvalue weighted by Crippen LogP contribution is -2.48.